The Morgan fingerprint density at radius 2 is 1.72 bits per heavy atom. The summed E-state index contributed by atoms with van der Waals surface area (Å²) >= 11 is 0. The summed E-state index contributed by atoms with van der Waals surface area (Å²) in [6, 6.07) is 16.9. The molecule has 5 heteroatoms. The van der Waals surface area contributed by atoms with Crippen molar-refractivity contribution in [3.05, 3.63) is 83.9 Å². The van der Waals surface area contributed by atoms with Crippen LogP contribution in [0, 0.1) is 5.82 Å². The molecule has 0 radical (unpaired) electrons. The average molecular weight is 392 g/mol. The Bertz CT molecular complexity index is 944. The zero-order valence-electron chi connectivity index (χ0n) is 16.7. The average Bonchev–Trinajstić information content (AvgIpc) is 3.25. The lowest BCUT2D eigenvalue weighted by molar-refractivity contribution is 0.193. The van der Waals surface area contributed by atoms with Gasteiger partial charge in [0.05, 0.1) is 13.3 Å². The Hall–Kier alpha value is -2.92. The van der Waals surface area contributed by atoms with Crippen molar-refractivity contribution in [2.24, 2.45) is 0 Å². The number of methoxy groups -OCH3 is 1. The third-order valence-corrected chi connectivity index (χ3v) is 5.56. The molecule has 0 saturated carbocycles. The highest BCUT2D eigenvalue weighted by Gasteiger charge is 2.30. The smallest absolute Gasteiger partial charge is 0.146 e. The second kappa shape index (κ2) is 8.62. The Morgan fingerprint density at radius 3 is 2.45 bits per heavy atom. The largest absolute Gasteiger partial charge is 0.497 e. The van der Waals surface area contributed by atoms with Crippen molar-refractivity contribution in [2.45, 2.75) is 31.8 Å². The summed E-state index contributed by atoms with van der Waals surface area (Å²) < 4.78 is 24.3. The fraction of sp³-hybridized carbons (Fsp3) is 0.292. The molecule has 2 heterocycles. The van der Waals surface area contributed by atoms with Crippen LogP contribution in [-0.4, -0.2) is 23.5 Å². The third-order valence-electron chi connectivity index (χ3n) is 5.56. The lowest BCUT2D eigenvalue weighted by atomic mass is 10.0. The molecular formula is C24H25FN2O2. The third kappa shape index (κ3) is 4.40. The van der Waals surface area contributed by atoms with E-state index in [-0.39, 0.29) is 17.9 Å². The number of pyridine rings is 1. The van der Waals surface area contributed by atoms with Gasteiger partial charge in [-0.1, -0.05) is 12.1 Å². The minimum absolute atomic E-state index is 0.279. The second-order valence-corrected chi connectivity index (χ2v) is 7.35. The number of likely N-dealkylation sites (tertiary alicyclic amines) is 1. The quantitative estimate of drug-likeness (QED) is 0.521. The fourth-order valence-electron chi connectivity index (χ4n) is 4.00. The summed E-state index contributed by atoms with van der Waals surface area (Å²) in [5.41, 5.74) is 2.41. The van der Waals surface area contributed by atoms with Gasteiger partial charge in [0.15, 0.2) is 0 Å². The fourth-order valence-corrected chi connectivity index (χ4v) is 4.00. The van der Waals surface area contributed by atoms with Gasteiger partial charge in [0.1, 0.15) is 23.1 Å². The van der Waals surface area contributed by atoms with E-state index in [9.17, 15) is 4.39 Å². The number of aromatic nitrogens is 1. The highest BCUT2D eigenvalue weighted by Crippen LogP contribution is 2.39. The SMILES string of the molecule is COc1ccc(C(C)N2CCCC2c2cncc(Oc3ccc(F)cc3)c2)cc1. The predicted molar refractivity (Wildman–Crippen MR) is 111 cm³/mol. The molecule has 2 atom stereocenters. The molecule has 0 bridgehead atoms. The van der Waals surface area contributed by atoms with E-state index < -0.39 is 0 Å². The second-order valence-electron chi connectivity index (χ2n) is 7.35. The molecule has 2 unspecified atom stereocenters. The monoisotopic (exact) mass is 392 g/mol. The zero-order valence-corrected chi connectivity index (χ0v) is 16.7. The van der Waals surface area contributed by atoms with Crippen LogP contribution < -0.4 is 9.47 Å². The maximum atomic E-state index is 13.1. The van der Waals surface area contributed by atoms with Gasteiger partial charge in [0, 0.05) is 18.3 Å². The summed E-state index contributed by atoms with van der Waals surface area (Å²) in [6.07, 6.45) is 5.84. The van der Waals surface area contributed by atoms with E-state index in [4.69, 9.17) is 9.47 Å². The molecule has 0 spiro atoms. The summed E-state index contributed by atoms with van der Waals surface area (Å²) in [5, 5.41) is 0. The molecule has 1 aromatic heterocycles. The van der Waals surface area contributed by atoms with Crippen molar-refractivity contribution in [3.63, 3.8) is 0 Å². The molecule has 150 valence electrons. The van der Waals surface area contributed by atoms with Crippen LogP contribution in [0.1, 0.15) is 43.0 Å². The van der Waals surface area contributed by atoms with Crippen LogP contribution in [0.15, 0.2) is 67.0 Å². The van der Waals surface area contributed by atoms with Gasteiger partial charge in [-0.05, 0) is 79.9 Å². The Kier molecular flexibility index (Phi) is 5.76. The summed E-state index contributed by atoms with van der Waals surface area (Å²) in [5.74, 6) is 1.85. The van der Waals surface area contributed by atoms with Gasteiger partial charge in [-0.15, -0.1) is 0 Å². The van der Waals surface area contributed by atoms with Crippen molar-refractivity contribution < 1.29 is 13.9 Å². The van der Waals surface area contributed by atoms with Gasteiger partial charge in [0.2, 0.25) is 0 Å². The van der Waals surface area contributed by atoms with Crippen molar-refractivity contribution in [1.29, 1.82) is 0 Å². The van der Waals surface area contributed by atoms with Crippen LogP contribution in [0.3, 0.4) is 0 Å². The highest BCUT2D eigenvalue weighted by molar-refractivity contribution is 5.34. The van der Waals surface area contributed by atoms with Crippen LogP contribution in [0.4, 0.5) is 4.39 Å². The minimum Gasteiger partial charge on any atom is -0.497 e. The first-order valence-electron chi connectivity index (χ1n) is 9.92. The molecular weight excluding hydrogens is 367 g/mol. The predicted octanol–water partition coefficient (Wildman–Crippen LogP) is 5.92. The summed E-state index contributed by atoms with van der Waals surface area (Å²) in [6.45, 7) is 3.29. The number of rotatable bonds is 6. The van der Waals surface area contributed by atoms with Crippen LogP contribution >= 0.6 is 0 Å². The van der Waals surface area contributed by atoms with E-state index in [1.54, 1.807) is 25.4 Å². The summed E-state index contributed by atoms with van der Waals surface area (Å²) in [7, 11) is 1.68. The first-order valence-corrected chi connectivity index (χ1v) is 9.92. The van der Waals surface area contributed by atoms with Gasteiger partial charge in [-0.25, -0.2) is 4.39 Å². The van der Waals surface area contributed by atoms with Gasteiger partial charge in [-0.2, -0.15) is 0 Å². The van der Waals surface area contributed by atoms with E-state index in [0.29, 0.717) is 11.5 Å². The number of benzene rings is 2. The Labute approximate surface area is 170 Å². The van der Waals surface area contributed by atoms with E-state index >= 15 is 0 Å². The molecule has 4 nitrogen and oxygen atoms in total. The van der Waals surface area contributed by atoms with Gasteiger partial charge >= 0.3 is 0 Å². The molecule has 0 aliphatic carbocycles. The molecule has 1 saturated heterocycles. The Morgan fingerprint density at radius 1 is 1.00 bits per heavy atom. The molecule has 4 rings (SSSR count). The van der Waals surface area contributed by atoms with Gasteiger partial charge < -0.3 is 9.47 Å². The molecule has 0 N–H and O–H groups in total. The molecule has 29 heavy (non-hydrogen) atoms. The van der Waals surface area contributed by atoms with Crippen molar-refractivity contribution in [1.82, 2.24) is 9.88 Å². The zero-order chi connectivity index (χ0) is 20.2. The number of ether oxygens (including phenoxy) is 2. The van der Waals surface area contributed by atoms with Crippen molar-refractivity contribution in [3.8, 4) is 17.2 Å². The van der Waals surface area contributed by atoms with Crippen LogP contribution in [-0.2, 0) is 0 Å². The van der Waals surface area contributed by atoms with E-state index in [1.807, 2.05) is 24.4 Å². The number of hydrogen-bond acceptors (Lipinski definition) is 4. The topological polar surface area (TPSA) is 34.6 Å². The molecule has 1 aliphatic heterocycles. The van der Waals surface area contributed by atoms with Crippen LogP contribution in [0.25, 0.3) is 0 Å². The van der Waals surface area contributed by atoms with Gasteiger partial charge in [-0.3, -0.25) is 9.88 Å². The Balaban J connectivity index is 1.52. The lowest BCUT2D eigenvalue weighted by Gasteiger charge is -2.31. The standard InChI is InChI=1S/C24H25FN2O2/c1-17(18-5-9-21(28-2)10-6-18)27-13-3-4-24(27)19-14-23(16-26-15-19)29-22-11-7-20(25)8-12-22/h5-12,14-17,24H,3-4,13H2,1-2H3. The van der Waals surface area contributed by atoms with Crippen molar-refractivity contribution in [2.75, 3.05) is 13.7 Å². The van der Waals surface area contributed by atoms with Crippen molar-refractivity contribution >= 4 is 0 Å². The number of hydrogen-bond donors (Lipinski definition) is 0. The first kappa shape index (κ1) is 19.4. The number of nitrogens with zero attached hydrogens (tertiary/aromatic N) is 2. The maximum Gasteiger partial charge on any atom is 0.146 e. The van der Waals surface area contributed by atoms with E-state index in [2.05, 4.69) is 28.9 Å². The van der Waals surface area contributed by atoms with Crippen LogP contribution in [0.2, 0.25) is 0 Å². The van der Waals surface area contributed by atoms with Gasteiger partial charge in [0.25, 0.3) is 0 Å². The summed E-state index contributed by atoms with van der Waals surface area (Å²) in [4.78, 5) is 6.90. The highest BCUT2D eigenvalue weighted by atomic mass is 19.1. The van der Waals surface area contributed by atoms with E-state index in [1.165, 1.54) is 17.7 Å². The molecule has 0 amide bonds. The lowest BCUT2D eigenvalue weighted by Crippen LogP contribution is -2.26. The van der Waals surface area contributed by atoms with Crippen LogP contribution in [0.5, 0.6) is 17.2 Å². The first-order chi connectivity index (χ1) is 14.1. The number of halogens is 1. The maximum absolute atomic E-state index is 13.1. The minimum atomic E-state index is -0.279. The molecule has 3 aromatic rings. The normalized spacial score (nSPS) is 17.8. The molecule has 1 aliphatic rings. The molecule has 2 aromatic carbocycles. The molecule has 1 fully saturated rings. The van der Waals surface area contributed by atoms with E-state index in [0.717, 1.165) is 30.7 Å².